The standard InChI is InChI=1S/C22H43NSi/c1-4-7-10-13-19-24(20-14-11-8-5-2,21-15-12-9-6-3)22-17-16-18-23-22/h16-18,23H,4-15,19-21H2,1-3H3. The molecule has 0 aromatic carbocycles. The lowest BCUT2D eigenvalue weighted by atomic mass is 10.2. The Kier molecular flexibility index (Phi) is 12.3. The maximum atomic E-state index is 3.66. The van der Waals surface area contributed by atoms with Gasteiger partial charge in [-0.2, -0.15) is 0 Å². The average Bonchev–Trinajstić information content (AvgIpc) is 3.14. The predicted molar refractivity (Wildman–Crippen MR) is 113 cm³/mol. The normalized spacial score (nSPS) is 12.0. The minimum Gasteiger partial charge on any atom is -0.369 e. The Morgan fingerprint density at radius 1 is 0.667 bits per heavy atom. The second kappa shape index (κ2) is 13.8. The summed E-state index contributed by atoms with van der Waals surface area (Å²) in [5, 5.41) is 1.66. The van der Waals surface area contributed by atoms with Crippen LogP contribution in [-0.2, 0) is 0 Å². The fraction of sp³-hybridized carbons (Fsp3) is 0.818. The van der Waals surface area contributed by atoms with Crippen LogP contribution in [0.1, 0.15) is 97.8 Å². The second-order valence-corrected chi connectivity index (χ2v) is 12.4. The zero-order chi connectivity index (χ0) is 17.5. The van der Waals surface area contributed by atoms with E-state index in [1.807, 2.05) is 0 Å². The molecule has 0 spiro atoms. The third-order valence-electron chi connectivity index (χ3n) is 5.70. The molecule has 0 atom stereocenters. The summed E-state index contributed by atoms with van der Waals surface area (Å²) >= 11 is 0. The van der Waals surface area contributed by atoms with Crippen LogP contribution in [0.2, 0.25) is 18.1 Å². The van der Waals surface area contributed by atoms with Gasteiger partial charge in [0.25, 0.3) is 0 Å². The van der Waals surface area contributed by atoms with Crippen LogP contribution >= 0.6 is 0 Å². The number of hydrogen-bond donors (Lipinski definition) is 1. The van der Waals surface area contributed by atoms with Crippen LogP contribution in [0.3, 0.4) is 0 Å². The molecular weight excluding hydrogens is 306 g/mol. The quantitative estimate of drug-likeness (QED) is 0.236. The lowest BCUT2D eigenvalue weighted by molar-refractivity contribution is 0.667. The van der Waals surface area contributed by atoms with E-state index in [-0.39, 0.29) is 0 Å². The summed E-state index contributed by atoms with van der Waals surface area (Å²) in [6, 6.07) is 9.22. The molecule has 1 aromatic rings. The van der Waals surface area contributed by atoms with Crippen LogP contribution in [0.25, 0.3) is 0 Å². The first kappa shape index (κ1) is 21.5. The molecule has 1 nitrogen and oxygen atoms in total. The van der Waals surface area contributed by atoms with E-state index in [9.17, 15) is 0 Å². The van der Waals surface area contributed by atoms with Crippen molar-refractivity contribution in [2.75, 3.05) is 0 Å². The van der Waals surface area contributed by atoms with Crippen molar-refractivity contribution in [1.29, 1.82) is 0 Å². The first-order valence-electron chi connectivity index (χ1n) is 10.9. The Labute approximate surface area is 153 Å². The van der Waals surface area contributed by atoms with E-state index in [4.69, 9.17) is 0 Å². The molecule has 0 saturated carbocycles. The van der Waals surface area contributed by atoms with Crippen molar-refractivity contribution in [3.63, 3.8) is 0 Å². The highest BCUT2D eigenvalue weighted by atomic mass is 28.3. The van der Waals surface area contributed by atoms with E-state index < -0.39 is 8.07 Å². The molecule has 0 fully saturated rings. The number of aromatic amines is 1. The first-order valence-corrected chi connectivity index (χ1v) is 13.5. The Morgan fingerprint density at radius 3 is 1.46 bits per heavy atom. The van der Waals surface area contributed by atoms with E-state index in [0.29, 0.717) is 0 Å². The van der Waals surface area contributed by atoms with Gasteiger partial charge in [-0.05, 0) is 17.4 Å². The Hall–Kier alpha value is -0.503. The summed E-state index contributed by atoms with van der Waals surface area (Å²) in [5.74, 6) is 0. The van der Waals surface area contributed by atoms with Gasteiger partial charge >= 0.3 is 0 Å². The first-order chi connectivity index (χ1) is 11.8. The topological polar surface area (TPSA) is 15.8 Å². The highest BCUT2D eigenvalue weighted by Crippen LogP contribution is 2.29. The third kappa shape index (κ3) is 8.05. The van der Waals surface area contributed by atoms with Gasteiger partial charge < -0.3 is 4.98 Å². The monoisotopic (exact) mass is 349 g/mol. The summed E-state index contributed by atoms with van der Waals surface area (Å²) in [6.45, 7) is 6.97. The van der Waals surface area contributed by atoms with Crippen molar-refractivity contribution < 1.29 is 0 Å². The van der Waals surface area contributed by atoms with Crippen molar-refractivity contribution in [3.05, 3.63) is 18.3 Å². The van der Waals surface area contributed by atoms with Crippen LogP contribution in [0.4, 0.5) is 0 Å². The molecule has 0 unspecified atom stereocenters. The van der Waals surface area contributed by atoms with E-state index in [0.717, 1.165) is 0 Å². The highest BCUT2D eigenvalue weighted by Gasteiger charge is 2.34. The summed E-state index contributed by atoms with van der Waals surface area (Å²) < 4.78 is 0. The van der Waals surface area contributed by atoms with Crippen molar-refractivity contribution in [1.82, 2.24) is 4.98 Å². The molecule has 0 aliphatic carbocycles. The van der Waals surface area contributed by atoms with Crippen molar-refractivity contribution in [2.24, 2.45) is 0 Å². The van der Waals surface area contributed by atoms with E-state index in [1.54, 1.807) is 5.32 Å². The van der Waals surface area contributed by atoms with Gasteiger partial charge in [0.1, 0.15) is 8.07 Å². The molecule has 0 saturated heterocycles. The Balaban J connectivity index is 2.72. The average molecular weight is 350 g/mol. The second-order valence-electron chi connectivity index (χ2n) is 7.80. The molecule has 1 rings (SSSR count). The maximum Gasteiger partial charge on any atom is 0.107 e. The zero-order valence-corrected chi connectivity index (χ0v) is 17.8. The molecule has 0 amide bonds. The molecule has 24 heavy (non-hydrogen) atoms. The van der Waals surface area contributed by atoms with Crippen LogP contribution < -0.4 is 5.32 Å². The summed E-state index contributed by atoms with van der Waals surface area (Å²) in [7, 11) is -1.32. The molecule has 1 aromatic heterocycles. The summed E-state index contributed by atoms with van der Waals surface area (Å²) in [4.78, 5) is 3.66. The number of rotatable bonds is 16. The van der Waals surface area contributed by atoms with Gasteiger partial charge in [-0.25, -0.2) is 0 Å². The molecule has 2 heteroatoms. The molecule has 1 N–H and O–H groups in total. The maximum absolute atomic E-state index is 3.66. The third-order valence-corrected chi connectivity index (χ3v) is 11.1. The molecule has 1 heterocycles. The van der Waals surface area contributed by atoms with Gasteiger partial charge in [-0.3, -0.25) is 0 Å². The predicted octanol–water partition coefficient (Wildman–Crippen LogP) is 7.41. The minimum absolute atomic E-state index is 1.32. The van der Waals surface area contributed by atoms with Gasteiger partial charge in [0, 0.05) is 6.20 Å². The highest BCUT2D eigenvalue weighted by molar-refractivity contribution is 6.91. The fourth-order valence-electron chi connectivity index (χ4n) is 4.11. The van der Waals surface area contributed by atoms with Crippen LogP contribution in [-0.4, -0.2) is 13.1 Å². The molecule has 0 aliphatic rings. The van der Waals surface area contributed by atoms with Gasteiger partial charge in [0.2, 0.25) is 0 Å². The summed E-state index contributed by atoms with van der Waals surface area (Å²) in [6.07, 6.45) is 19.2. The fourth-order valence-corrected chi connectivity index (χ4v) is 9.29. The zero-order valence-electron chi connectivity index (χ0n) is 16.8. The number of aromatic nitrogens is 1. The number of H-pyrrole nitrogens is 1. The SMILES string of the molecule is CCCCCC[Si](CCCCCC)(CCCCCC)c1ccc[nH]1. The Bertz CT molecular complexity index is 340. The smallest absolute Gasteiger partial charge is 0.107 e. The van der Waals surface area contributed by atoms with Gasteiger partial charge in [0.05, 0.1) is 0 Å². The van der Waals surface area contributed by atoms with Crippen LogP contribution in [0.15, 0.2) is 18.3 Å². The Morgan fingerprint density at radius 2 is 1.12 bits per heavy atom. The van der Waals surface area contributed by atoms with Crippen molar-refractivity contribution in [3.8, 4) is 0 Å². The lowest BCUT2D eigenvalue weighted by Crippen LogP contribution is -2.48. The number of unbranched alkanes of at least 4 members (excludes halogenated alkanes) is 9. The van der Waals surface area contributed by atoms with Crippen molar-refractivity contribution in [2.45, 2.75) is 116 Å². The largest absolute Gasteiger partial charge is 0.369 e. The molecule has 0 radical (unpaired) electrons. The van der Waals surface area contributed by atoms with E-state index in [1.165, 1.54) is 95.2 Å². The minimum atomic E-state index is -1.32. The molecule has 0 bridgehead atoms. The van der Waals surface area contributed by atoms with Crippen LogP contribution in [0.5, 0.6) is 0 Å². The van der Waals surface area contributed by atoms with Gasteiger partial charge in [0.15, 0.2) is 0 Å². The molecular formula is C22H43NSi. The van der Waals surface area contributed by atoms with Gasteiger partial charge in [-0.15, -0.1) is 0 Å². The lowest BCUT2D eigenvalue weighted by Gasteiger charge is -2.32. The van der Waals surface area contributed by atoms with E-state index >= 15 is 0 Å². The van der Waals surface area contributed by atoms with E-state index in [2.05, 4.69) is 44.1 Å². The number of hydrogen-bond acceptors (Lipinski definition) is 0. The van der Waals surface area contributed by atoms with Gasteiger partial charge in [-0.1, -0.05) is 116 Å². The summed E-state index contributed by atoms with van der Waals surface area (Å²) in [5.41, 5.74) is 0. The van der Waals surface area contributed by atoms with Crippen molar-refractivity contribution >= 4 is 13.4 Å². The number of nitrogens with one attached hydrogen (secondary N) is 1. The molecule has 140 valence electrons. The molecule has 0 aliphatic heterocycles. The van der Waals surface area contributed by atoms with Crippen LogP contribution in [0, 0.1) is 0 Å².